The van der Waals surface area contributed by atoms with Crippen molar-refractivity contribution in [1.29, 1.82) is 0 Å². The van der Waals surface area contributed by atoms with Crippen molar-refractivity contribution in [2.45, 2.75) is 19.3 Å². The van der Waals surface area contributed by atoms with Gasteiger partial charge in [-0.1, -0.05) is 12.1 Å². The molecule has 0 unspecified atom stereocenters. The molecule has 0 bridgehead atoms. The molecule has 1 aromatic carbocycles. The van der Waals surface area contributed by atoms with Gasteiger partial charge in [0.1, 0.15) is 10.8 Å². The van der Waals surface area contributed by atoms with E-state index >= 15 is 0 Å². The molecule has 5 nitrogen and oxygen atoms in total. The van der Waals surface area contributed by atoms with Gasteiger partial charge in [-0.15, -0.1) is 11.3 Å². The number of anilines is 1. The molecule has 1 aliphatic carbocycles. The molecular weight excluding hydrogens is 326 g/mol. The molecular formula is C18H16NO4S-. The third-order valence-corrected chi connectivity index (χ3v) is 5.11. The van der Waals surface area contributed by atoms with Gasteiger partial charge < -0.3 is 20.0 Å². The summed E-state index contributed by atoms with van der Waals surface area (Å²) in [7, 11) is 1.59. The second-order valence-corrected chi connectivity index (χ2v) is 6.55. The maximum absolute atomic E-state index is 12.1. The van der Waals surface area contributed by atoms with E-state index in [0.717, 1.165) is 41.0 Å². The van der Waals surface area contributed by atoms with Crippen molar-refractivity contribution in [1.82, 2.24) is 0 Å². The number of aromatic carboxylic acids is 1. The van der Waals surface area contributed by atoms with E-state index in [1.165, 1.54) is 17.4 Å². The fourth-order valence-corrected chi connectivity index (χ4v) is 4.03. The van der Waals surface area contributed by atoms with Crippen molar-refractivity contribution in [3.63, 3.8) is 0 Å². The molecule has 124 valence electrons. The first kappa shape index (κ1) is 16.3. The number of carbonyl (C=O) groups is 2. The summed E-state index contributed by atoms with van der Waals surface area (Å²) >= 11 is 1.33. The Morgan fingerprint density at radius 2 is 2.00 bits per heavy atom. The van der Waals surface area contributed by atoms with Crippen LogP contribution in [0.15, 0.2) is 30.3 Å². The minimum absolute atomic E-state index is 0.138. The Morgan fingerprint density at radius 1 is 1.25 bits per heavy atom. The van der Waals surface area contributed by atoms with Crippen LogP contribution in [0.5, 0.6) is 5.75 Å². The van der Waals surface area contributed by atoms with Crippen molar-refractivity contribution in [2.75, 3.05) is 12.4 Å². The van der Waals surface area contributed by atoms with E-state index in [-0.39, 0.29) is 11.5 Å². The number of nitrogens with one attached hydrogen (secondary N) is 1. The van der Waals surface area contributed by atoms with E-state index in [1.54, 1.807) is 25.3 Å². The number of carbonyl (C=O) groups excluding carboxylic acids is 2. The number of thiophene rings is 1. The molecule has 6 heteroatoms. The number of methoxy groups -OCH3 is 1. The van der Waals surface area contributed by atoms with Crippen LogP contribution in [-0.4, -0.2) is 19.0 Å². The molecule has 0 fully saturated rings. The van der Waals surface area contributed by atoms with E-state index in [9.17, 15) is 14.7 Å². The monoisotopic (exact) mass is 342 g/mol. The summed E-state index contributed by atoms with van der Waals surface area (Å²) in [5.41, 5.74) is 1.80. The molecule has 3 rings (SSSR count). The zero-order chi connectivity index (χ0) is 17.1. The van der Waals surface area contributed by atoms with Crippen molar-refractivity contribution >= 4 is 34.3 Å². The average molecular weight is 342 g/mol. The van der Waals surface area contributed by atoms with Crippen LogP contribution >= 0.6 is 11.3 Å². The number of aryl methyl sites for hydroxylation is 1. The number of ether oxygens (including phenoxy) is 1. The number of amides is 1. The standard InChI is InChI=1S/C18H17NO4S/c1-23-12-8-5-11(6-9-12)7-10-15(20)19-17-16(18(21)22)13-3-2-4-14(13)24-17/h5-10H,2-4H2,1H3,(H,19,20)(H,21,22)/p-1/b10-7+. The molecule has 1 heterocycles. The molecule has 1 aromatic heterocycles. The lowest BCUT2D eigenvalue weighted by molar-refractivity contribution is -0.254. The Labute approximate surface area is 143 Å². The van der Waals surface area contributed by atoms with Gasteiger partial charge in [-0.2, -0.15) is 0 Å². The van der Waals surface area contributed by atoms with Crippen molar-refractivity contribution in [3.8, 4) is 5.75 Å². The highest BCUT2D eigenvalue weighted by Gasteiger charge is 2.23. The van der Waals surface area contributed by atoms with Crippen LogP contribution in [0, 0.1) is 0 Å². The van der Waals surface area contributed by atoms with Gasteiger partial charge in [-0.3, -0.25) is 4.79 Å². The maximum Gasteiger partial charge on any atom is 0.249 e. The molecule has 0 radical (unpaired) electrons. The van der Waals surface area contributed by atoms with Crippen LogP contribution in [-0.2, 0) is 17.6 Å². The van der Waals surface area contributed by atoms with Crippen molar-refractivity contribution < 1.29 is 19.4 Å². The first-order valence-corrected chi connectivity index (χ1v) is 8.39. The normalized spacial score (nSPS) is 13.0. The highest BCUT2D eigenvalue weighted by Crippen LogP contribution is 2.38. The van der Waals surface area contributed by atoms with Gasteiger partial charge in [0.15, 0.2) is 0 Å². The largest absolute Gasteiger partial charge is 0.545 e. The predicted molar refractivity (Wildman–Crippen MR) is 91.3 cm³/mol. The smallest absolute Gasteiger partial charge is 0.249 e. The first-order chi connectivity index (χ1) is 11.6. The summed E-state index contributed by atoms with van der Waals surface area (Å²) in [6.45, 7) is 0. The Kier molecular flexibility index (Phi) is 4.66. The second kappa shape index (κ2) is 6.88. The number of hydrogen-bond donors (Lipinski definition) is 1. The maximum atomic E-state index is 12.1. The molecule has 1 amide bonds. The fraction of sp³-hybridized carbons (Fsp3) is 0.222. The average Bonchev–Trinajstić information content (AvgIpc) is 3.13. The van der Waals surface area contributed by atoms with Crippen LogP contribution in [0.25, 0.3) is 6.08 Å². The van der Waals surface area contributed by atoms with Crippen molar-refractivity contribution in [3.05, 3.63) is 51.9 Å². The molecule has 1 N–H and O–H groups in total. The molecule has 2 aromatic rings. The fourth-order valence-electron chi connectivity index (χ4n) is 2.75. The molecule has 0 aliphatic heterocycles. The number of carboxylic acids is 1. The second-order valence-electron chi connectivity index (χ2n) is 5.44. The molecule has 0 spiro atoms. The van der Waals surface area contributed by atoms with Crippen molar-refractivity contribution in [2.24, 2.45) is 0 Å². The molecule has 1 aliphatic rings. The van der Waals surface area contributed by atoms with Crippen LogP contribution in [0.1, 0.15) is 32.8 Å². The lowest BCUT2D eigenvalue weighted by Gasteiger charge is -2.07. The third kappa shape index (κ3) is 3.33. The highest BCUT2D eigenvalue weighted by molar-refractivity contribution is 7.17. The van der Waals surface area contributed by atoms with Crippen LogP contribution in [0.3, 0.4) is 0 Å². The SMILES string of the molecule is COc1ccc(/C=C/C(=O)Nc2sc3c(c2C(=O)[O-])CCC3)cc1. The third-order valence-electron chi connectivity index (χ3n) is 3.91. The van der Waals surface area contributed by atoms with Crippen LogP contribution in [0.2, 0.25) is 0 Å². The predicted octanol–water partition coefficient (Wildman–Crippen LogP) is 2.26. The number of hydrogen-bond acceptors (Lipinski definition) is 5. The Hall–Kier alpha value is -2.60. The number of fused-ring (bicyclic) bond motifs is 1. The molecule has 0 atom stereocenters. The van der Waals surface area contributed by atoms with Gasteiger partial charge in [0.25, 0.3) is 0 Å². The molecule has 0 saturated heterocycles. The number of carboxylic acid groups (broad SMARTS) is 1. The van der Waals surface area contributed by atoms with Gasteiger partial charge in [-0.05, 0) is 48.6 Å². The van der Waals surface area contributed by atoms with Gasteiger partial charge >= 0.3 is 0 Å². The first-order valence-electron chi connectivity index (χ1n) is 7.57. The summed E-state index contributed by atoms with van der Waals surface area (Å²) in [4.78, 5) is 24.5. The Balaban J connectivity index is 1.73. The number of rotatable bonds is 5. The van der Waals surface area contributed by atoms with E-state index in [0.29, 0.717) is 5.00 Å². The zero-order valence-electron chi connectivity index (χ0n) is 13.1. The van der Waals surface area contributed by atoms with Gasteiger partial charge in [0, 0.05) is 16.5 Å². The molecule has 24 heavy (non-hydrogen) atoms. The van der Waals surface area contributed by atoms with Gasteiger partial charge in [0.05, 0.1) is 13.1 Å². The summed E-state index contributed by atoms with van der Waals surface area (Å²) in [6.07, 6.45) is 5.58. The lowest BCUT2D eigenvalue weighted by atomic mass is 10.1. The van der Waals surface area contributed by atoms with Gasteiger partial charge in [0.2, 0.25) is 5.91 Å². The topological polar surface area (TPSA) is 78.5 Å². The summed E-state index contributed by atoms with van der Waals surface area (Å²) < 4.78 is 5.08. The van der Waals surface area contributed by atoms with Crippen LogP contribution < -0.4 is 15.2 Å². The lowest BCUT2D eigenvalue weighted by Crippen LogP contribution is -2.24. The highest BCUT2D eigenvalue weighted by atomic mass is 32.1. The summed E-state index contributed by atoms with van der Waals surface area (Å²) in [5.74, 6) is -0.861. The van der Waals surface area contributed by atoms with Crippen LogP contribution in [0.4, 0.5) is 5.00 Å². The minimum atomic E-state index is -1.23. The molecule has 0 saturated carbocycles. The summed E-state index contributed by atoms with van der Waals surface area (Å²) in [6, 6.07) is 7.26. The minimum Gasteiger partial charge on any atom is -0.545 e. The Bertz CT molecular complexity index is 805. The van der Waals surface area contributed by atoms with E-state index in [2.05, 4.69) is 5.32 Å². The van der Waals surface area contributed by atoms with E-state index in [4.69, 9.17) is 4.74 Å². The number of benzene rings is 1. The van der Waals surface area contributed by atoms with Gasteiger partial charge in [-0.25, -0.2) is 0 Å². The van der Waals surface area contributed by atoms with E-state index < -0.39 is 5.97 Å². The quantitative estimate of drug-likeness (QED) is 0.846. The Morgan fingerprint density at radius 3 is 2.67 bits per heavy atom. The van der Waals surface area contributed by atoms with E-state index in [1.807, 2.05) is 12.1 Å². The zero-order valence-corrected chi connectivity index (χ0v) is 13.9. The summed E-state index contributed by atoms with van der Waals surface area (Å²) in [5, 5.41) is 14.4.